The molecule has 0 saturated heterocycles. The summed E-state index contributed by atoms with van der Waals surface area (Å²) in [4.78, 5) is 11.9. The Bertz CT molecular complexity index is 940. The standard InChI is InChI=1S/C23H25NO4/c1-27-17-8-4-6-15(22(17)28-2)21-19-13-10-9-12(11-13)18(19)14-5-3-7-16(23(25)26)20(14)24-21/h3-8,12-13,18-19,21,24H,9-11H2,1-2H3,(H,25,26)/t12-,13+,18+,19-,21-/m0/s1. The largest absolute Gasteiger partial charge is 0.493 e. The summed E-state index contributed by atoms with van der Waals surface area (Å²) in [5.74, 6) is 2.69. The van der Waals surface area contributed by atoms with Crippen molar-refractivity contribution < 1.29 is 19.4 Å². The van der Waals surface area contributed by atoms with Crippen LogP contribution in [0.3, 0.4) is 0 Å². The maximum atomic E-state index is 11.9. The number of aromatic carboxylic acids is 1. The van der Waals surface area contributed by atoms with Gasteiger partial charge in [0.2, 0.25) is 0 Å². The third-order valence-corrected chi connectivity index (χ3v) is 7.12. The van der Waals surface area contributed by atoms with Crippen LogP contribution in [0.25, 0.3) is 0 Å². The molecule has 1 heterocycles. The quantitative estimate of drug-likeness (QED) is 0.806. The first-order valence-corrected chi connectivity index (χ1v) is 9.97. The summed E-state index contributed by atoms with van der Waals surface area (Å²) in [6.45, 7) is 0. The molecule has 2 N–H and O–H groups in total. The number of carbonyl (C=O) groups is 1. The van der Waals surface area contributed by atoms with Gasteiger partial charge in [0.15, 0.2) is 11.5 Å². The van der Waals surface area contributed by atoms with Gasteiger partial charge in [0, 0.05) is 5.56 Å². The molecular formula is C23H25NO4. The van der Waals surface area contributed by atoms with Crippen LogP contribution in [0, 0.1) is 17.8 Å². The third-order valence-electron chi connectivity index (χ3n) is 7.12. The van der Waals surface area contributed by atoms with Gasteiger partial charge in [-0.15, -0.1) is 0 Å². The molecule has 5 heteroatoms. The van der Waals surface area contributed by atoms with Crippen LogP contribution in [0.15, 0.2) is 36.4 Å². The fraction of sp³-hybridized carbons (Fsp3) is 0.435. The topological polar surface area (TPSA) is 67.8 Å². The molecule has 0 radical (unpaired) electrons. The average Bonchev–Trinajstić information content (AvgIpc) is 3.34. The molecular weight excluding hydrogens is 354 g/mol. The second-order valence-corrected chi connectivity index (χ2v) is 8.22. The van der Waals surface area contributed by atoms with Gasteiger partial charge in [0.05, 0.1) is 31.5 Å². The zero-order valence-electron chi connectivity index (χ0n) is 16.1. The molecule has 0 aromatic heterocycles. The Morgan fingerprint density at radius 1 is 1.04 bits per heavy atom. The van der Waals surface area contributed by atoms with E-state index in [1.165, 1.54) is 24.8 Å². The van der Waals surface area contributed by atoms with Crippen molar-refractivity contribution in [2.45, 2.75) is 31.2 Å². The highest BCUT2D eigenvalue weighted by atomic mass is 16.5. The summed E-state index contributed by atoms with van der Waals surface area (Å²) < 4.78 is 11.3. The van der Waals surface area contributed by atoms with Crippen molar-refractivity contribution in [2.24, 2.45) is 17.8 Å². The van der Waals surface area contributed by atoms with Crippen LogP contribution in [0.1, 0.15) is 52.7 Å². The van der Waals surface area contributed by atoms with Crippen LogP contribution in [-0.2, 0) is 0 Å². The van der Waals surface area contributed by atoms with Gasteiger partial charge < -0.3 is 19.9 Å². The Morgan fingerprint density at radius 3 is 2.54 bits per heavy atom. The van der Waals surface area contributed by atoms with E-state index in [0.717, 1.165) is 17.0 Å². The van der Waals surface area contributed by atoms with Crippen molar-refractivity contribution in [1.82, 2.24) is 0 Å². The Kier molecular flexibility index (Phi) is 4.00. The van der Waals surface area contributed by atoms with E-state index in [4.69, 9.17) is 9.47 Å². The van der Waals surface area contributed by atoms with Crippen LogP contribution in [0.4, 0.5) is 5.69 Å². The molecule has 2 aliphatic carbocycles. The van der Waals surface area contributed by atoms with E-state index in [-0.39, 0.29) is 6.04 Å². The van der Waals surface area contributed by atoms with Crippen molar-refractivity contribution >= 4 is 11.7 Å². The van der Waals surface area contributed by atoms with Crippen LogP contribution < -0.4 is 14.8 Å². The SMILES string of the molecule is COc1cccc([C@@H]2Nc3c(C(=O)O)cccc3[C@H]3[C@H]4CC[C@H](C4)[C@@H]32)c1OC. The van der Waals surface area contributed by atoms with Crippen LogP contribution >= 0.6 is 0 Å². The molecule has 146 valence electrons. The van der Waals surface area contributed by atoms with E-state index < -0.39 is 5.97 Å². The molecule has 0 spiro atoms. The number of fused-ring (bicyclic) bond motifs is 7. The minimum atomic E-state index is -0.887. The highest BCUT2D eigenvalue weighted by molar-refractivity contribution is 5.95. The number of hydrogen-bond donors (Lipinski definition) is 2. The summed E-state index contributed by atoms with van der Waals surface area (Å²) in [7, 11) is 3.31. The fourth-order valence-corrected chi connectivity index (χ4v) is 6.16. The van der Waals surface area contributed by atoms with Gasteiger partial charge in [0.25, 0.3) is 0 Å². The van der Waals surface area contributed by atoms with Gasteiger partial charge in [0.1, 0.15) is 0 Å². The van der Waals surface area contributed by atoms with Gasteiger partial charge >= 0.3 is 5.97 Å². The van der Waals surface area contributed by atoms with Gasteiger partial charge in [-0.1, -0.05) is 24.3 Å². The highest BCUT2D eigenvalue weighted by Gasteiger charge is 2.54. The second-order valence-electron chi connectivity index (χ2n) is 8.22. The summed E-state index contributed by atoms with van der Waals surface area (Å²) in [5.41, 5.74) is 3.36. The maximum absolute atomic E-state index is 11.9. The number of anilines is 1. The molecule has 28 heavy (non-hydrogen) atoms. The summed E-state index contributed by atoms with van der Waals surface area (Å²) in [6.07, 6.45) is 3.73. The van der Waals surface area contributed by atoms with Crippen LogP contribution in [0.2, 0.25) is 0 Å². The first kappa shape index (κ1) is 17.4. The van der Waals surface area contributed by atoms with Crippen molar-refractivity contribution in [3.8, 4) is 11.5 Å². The number of carboxylic acid groups (broad SMARTS) is 1. The summed E-state index contributed by atoms with van der Waals surface area (Å²) in [5, 5.41) is 13.4. The summed E-state index contributed by atoms with van der Waals surface area (Å²) in [6, 6.07) is 11.7. The van der Waals surface area contributed by atoms with E-state index in [1.807, 2.05) is 18.2 Å². The average molecular weight is 379 g/mol. The van der Waals surface area contributed by atoms with Crippen molar-refractivity contribution in [1.29, 1.82) is 0 Å². The third kappa shape index (κ3) is 2.35. The summed E-state index contributed by atoms with van der Waals surface area (Å²) >= 11 is 0. The lowest BCUT2D eigenvalue weighted by molar-refractivity contribution is 0.0697. The Labute approximate surface area is 164 Å². The molecule has 2 aromatic carbocycles. The van der Waals surface area contributed by atoms with Crippen LogP contribution in [0.5, 0.6) is 11.5 Å². The molecule has 2 aromatic rings. The zero-order valence-corrected chi connectivity index (χ0v) is 16.1. The lowest BCUT2D eigenvalue weighted by Crippen LogP contribution is -2.36. The molecule has 1 aliphatic heterocycles. The minimum Gasteiger partial charge on any atom is -0.493 e. The number of para-hydroxylation sites is 2. The van der Waals surface area contributed by atoms with Crippen LogP contribution in [-0.4, -0.2) is 25.3 Å². The van der Waals surface area contributed by atoms with Crippen molar-refractivity contribution in [3.05, 3.63) is 53.1 Å². The number of carboxylic acids is 1. The smallest absolute Gasteiger partial charge is 0.337 e. The lowest BCUT2D eigenvalue weighted by Gasteiger charge is -2.44. The number of benzene rings is 2. The predicted octanol–water partition coefficient (Wildman–Crippen LogP) is 4.70. The molecule has 0 unspecified atom stereocenters. The predicted molar refractivity (Wildman–Crippen MR) is 106 cm³/mol. The van der Waals surface area contributed by atoms with E-state index in [9.17, 15) is 9.90 Å². The Balaban J connectivity index is 1.70. The number of methoxy groups -OCH3 is 2. The van der Waals surface area contributed by atoms with E-state index in [2.05, 4.69) is 17.4 Å². The zero-order chi connectivity index (χ0) is 19.4. The van der Waals surface area contributed by atoms with Gasteiger partial charge in [-0.2, -0.15) is 0 Å². The normalized spacial score (nSPS) is 29.6. The Morgan fingerprint density at radius 2 is 1.79 bits per heavy atom. The van der Waals surface area contributed by atoms with E-state index >= 15 is 0 Å². The number of hydrogen-bond acceptors (Lipinski definition) is 4. The molecule has 0 amide bonds. The molecule has 5 rings (SSSR count). The van der Waals surface area contributed by atoms with E-state index in [0.29, 0.717) is 35.0 Å². The molecule has 2 saturated carbocycles. The molecule has 3 aliphatic rings. The lowest BCUT2D eigenvalue weighted by atomic mass is 9.67. The van der Waals surface area contributed by atoms with Crippen molar-refractivity contribution in [2.75, 3.05) is 19.5 Å². The van der Waals surface area contributed by atoms with E-state index in [1.54, 1.807) is 20.3 Å². The maximum Gasteiger partial charge on any atom is 0.337 e. The van der Waals surface area contributed by atoms with Gasteiger partial charge in [-0.05, 0) is 60.6 Å². The first-order chi connectivity index (χ1) is 13.6. The first-order valence-electron chi connectivity index (χ1n) is 9.97. The van der Waals surface area contributed by atoms with Crippen molar-refractivity contribution in [3.63, 3.8) is 0 Å². The number of nitrogens with one attached hydrogen (secondary N) is 1. The number of ether oxygens (including phenoxy) is 2. The highest BCUT2D eigenvalue weighted by Crippen LogP contribution is 2.64. The number of rotatable bonds is 4. The molecule has 2 fully saturated rings. The van der Waals surface area contributed by atoms with Gasteiger partial charge in [-0.25, -0.2) is 4.79 Å². The second kappa shape index (κ2) is 6.43. The Hall–Kier alpha value is -2.69. The minimum absolute atomic E-state index is 0.0124. The fourth-order valence-electron chi connectivity index (χ4n) is 6.16. The molecule has 5 nitrogen and oxygen atoms in total. The monoisotopic (exact) mass is 379 g/mol. The molecule has 2 bridgehead atoms. The van der Waals surface area contributed by atoms with Gasteiger partial charge in [-0.3, -0.25) is 0 Å². The molecule has 5 atom stereocenters.